The van der Waals surface area contributed by atoms with E-state index >= 15 is 0 Å². The molecule has 0 radical (unpaired) electrons. The zero-order valence-electron chi connectivity index (χ0n) is 10.4. The van der Waals surface area contributed by atoms with Gasteiger partial charge in [-0.1, -0.05) is 0 Å². The third-order valence-electron chi connectivity index (χ3n) is 2.05. The number of carbonyl (C=O) groups is 2. The Hall–Kier alpha value is -1.18. The molecule has 0 aliphatic carbocycles. The molecule has 0 aromatic heterocycles. The first-order chi connectivity index (χ1) is 8.10. The van der Waals surface area contributed by atoms with E-state index in [0.29, 0.717) is 26.3 Å². The van der Waals surface area contributed by atoms with Crippen LogP contribution in [-0.4, -0.2) is 69.0 Å². The average molecular weight is 247 g/mol. The first-order valence-electron chi connectivity index (χ1n) is 5.49. The van der Waals surface area contributed by atoms with Gasteiger partial charge in [0.05, 0.1) is 19.8 Å². The van der Waals surface area contributed by atoms with Gasteiger partial charge in [0.1, 0.15) is 0 Å². The number of aliphatic hydroxyl groups excluding tert-OH is 1. The molecular weight excluding hydrogens is 226 g/mol. The second kappa shape index (κ2) is 10.0. The molecule has 0 aromatic rings. The average Bonchev–Trinajstić information content (AvgIpc) is 2.32. The smallest absolute Gasteiger partial charge is 0.321 e. The van der Waals surface area contributed by atoms with Gasteiger partial charge >= 0.3 is 6.03 Å². The minimum absolute atomic E-state index is 0.0122. The molecule has 100 valence electrons. The molecule has 0 fully saturated rings. The predicted octanol–water partition coefficient (Wildman–Crippen LogP) is -1.23. The van der Waals surface area contributed by atoms with Crippen LogP contribution in [0.5, 0.6) is 0 Å². The number of hydrogen-bond donors (Lipinski definition) is 3. The van der Waals surface area contributed by atoms with Gasteiger partial charge in [0, 0.05) is 26.6 Å². The fourth-order valence-corrected chi connectivity index (χ4v) is 1.04. The molecule has 0 unspecified atom stereocenters. The van der Waals surface area contributed by atoms with Crippen LogP contribution in [0.2, 0.25) is 0 Å². The van der Waals surface area contributed by atoms with Crippen LogP contribution in [0.25, 0.3) is 0 Å². The summed E-state index contributed by atoms with van der Waals surface area (Å²) in [7, 11) is 3.31. The number of imide groups is 1. The van der Waals surface area contributed by atoms with E-state index in [2.05, 4.69) is 10.6 Å². The van der Waals surface area contributed by atoms with Gasteiger partial charge in [0.25, 0.3) is 0 Å². The molecule has 0 saturated heterocycles. The van der Waals surface area contributed by atoms with E-state index in [1.54, 1.807) is 0 Å². The number of likely N-dealkylation sites (N-methyl/N-ethyl adjacent to an activating group) is 1. The zero-order valence-corrected chi connectivity index (χ0v) is 10.4. The number of aliphatic hydroxyl groups is 1. The first-order valence-corrected chi connectivity index (χ1v) is 5.49. The molecule has 0 heterocycles. The maximum absolute atomic E-state index is 11.2. The summed E-state index contributed by atoms with van der Waals surface area (Å²) < 4.78 is 5.09. The van der Waals surface area contributed by atoms with Crippen LogP contribution in [0, 0.1) is 0 Å². The van der Waals surface area contributed by atoms with Gasteiger partial charge in [-0.25, -0.2) is 4.79 Å². The monoisotopic (exact) mass is 247 g/mol. The van der Waals surface area contributed by atoms with Gasteiger partial charge < -0.3 is 20.1 Å². The van der Waals surface area contributed by atoms with E-state index in [0.717, 1.165) is 0 Å². The highest BCUT2D eigenvalue weighted by Crippen LogP contribution is 1.88. The van der Waals surface area contributed by atoms with Crippen molar-refractivity contribution in [2.75, 3.05) is 47.0 Å². The number of hydrogen-bond acceptors (Lipinski definition) is 5. The van der Waals surface area contributed by atoms with Crippen LogP contribution < -0.4 is 10.6 Å². The number of urea groups is 1. The summed E-state index contributed by atoms with van der Waals surface area (Å²) in [5.74, 6) is -0.313. The molecule has 0 aromatic carbocycles. The molecule has 0 saturated carbocycles. The molecule has 7 nitrogen and oxygen atoms in total. The number of ether oxygens (including phenoxy) is 1. The molecule has 0 aliphatic rings. The fourth-order valence-electron chi connectivity index (χ4n) is 1.04. The van der Waals surface area contributed by atoms with Gasteiger partial charge in [-0.15, -0.1) is 0 Å². The number of carbonyl (C=O) groups excluding carboxylic acids is 2. The van der Waals surface area contributed by atoms with E-state index in [-0.39, 0.29) is 18.9 Å². The second-order valence-electron chi connectivity index (χ2n) is 3.52. The summed E-state index contributed by atoms with van der Waals surface area (Å²) in [6.07, 6.45) is 0.254. The molecule has 17 heavy (non-hydrogen) atoms. The SMILES string of the molecule is CNC(=O)NC(=O)CCN(C)CCOCCO. The largest absolute Gasteiger partial charge is 0.394 e. The molecular formula is C10H21N3O4. The minimum Gasteiger partial charge on any atom is -0.394 e. The van der Waals surface area contributed by atoms with Crippen molar-refractivity contribution in [1.29, 1.82) is 0 Å². The van der Waals surface area contributed by atoms with Crippen molar-refractivity contribution < 1.29 is 19.4 Å². The summed E-state index contributed by atoms with van der Waals surface area (Å²) in [6, 6.07) is -0.496. The van der Waals surface area contributed by atoms with Crippen molar-refractivity contribution in [2.24, 2.45) is 0 Å². The molecule has 7 heteroatoms. The van der Waals surface area contributed by atoms with Crippen molar-refractivity contribution in [3.63, 3.8) is 0 Å². The number of nitrogens with zero attached hydrogens (tertiary/aromatic N) is 1. The van der Waals surface area contributed by atoms with Crippen LogP contribution in [0.4, 0.5) is 4.79 Å². The van der Waals surface area contributed by atoms with E-state index in [9.17, 15) is 9.59 Å². The predicted molar refractivity (Wildman–Crippen MR) is 62.6 cm³/mol. The van der Waals surface area contributed by atoms with Crippen LogP contribution in [0.15, 0.2) is 0 Å². The van der Waals surface area contributed by atoms with Crippen molar-refractivity contribution in [3.8, 4) is 0 Å². The first kappa shape index (κ1) is 15.8. The Labute approximate surface area is 101 Å². The lowest BCUT2D eigenvalue weighted by Crippen LogP contribution is -2.39. The highest BCUT2D eigenvalue weighted by molar-refractivity contribution is 5.94. The van der Waals surface area contributed by atoms with E-state index in [4.69, 9.17) is 9.84 Å². The molecule has 0 spiro atoms. The molecule has 0 rings (SSSR count). The van der Waals surface area contributed by atoms with Gasteiger partial charge in [-0.3, -0.25) is 10.1 Å². The van der Waals surface area contributed by atoms with E-state index in [1.165, 1.54) is 7.05 Å². The number of rotatable bonds is 8. The standard InChI is InChI=1S/C10H21N3O4/c1-11-10(16)12-9(15)3-4-13(2)5-7-17-8-6-14/h14H,3-8H2,1-2H3,(H2,11,12,15,16). The topological polar surface area (TPSA) is 90.9 Å². The number of nitrogens with one attached hydrogen (secondary N) is 2. The summed E-state index contributed by atoms with van der Waals surface area (Å²) in [5, 5.41) is 13.0. The van der Waals surface area contributed by atoms with Gasteiger partial charge in [0.2, 0.25) is 5.91 Å². The third kappa shape index (κ3) is 9.73. The Kier molecular flexibility index (Phi) is 9.31. The fraction of sp³-hybridized carbons (Fsp3) is 0.800. The lowest BCUT2D eigenvalue weighted by atomic mass is 10.3. The van der Waals surface area contributed by atoms with E-state index in [1.807, 2.05) is 11.9 Å². The molecule has 0 atom stereocenters. The second-order valence-corrected chi connectivity index (χ2v) is 3.52. The maximum atomic E-state index is 11.2. The Morgan fingerprint density at radius 2 is 2.00 bits per heavy atom. The summed E-state index contributed by atoms with van der Waals surface area (Å²) in [6.45, 7) is 2.07. The molecule has 0 bridgehead atoms. The van der Waals surface area contributed by atoms with Crippen LogP contribution in [0.3, 0.4) is 0 Å². The Morgan fingerprint density at radius 1 is 1.29 bits per heavy atom. The molecule has 3 amide bonds. The van der Waals surface area contributed by atoms with E-state index < -0.39 is 6.03 Å². The summed E-state index contributed by atoms with van der Waals surface area (Å²) in [5.41, 5.74) is 0. The Balaban J connectivity index is 3.51. The van der Waals surface area contributed by atoms with Crippen molar-refractivity contribution in [2.45, 2.75) is 6.42 Å². The summed E-state index contributed by atoms with van der Waals surface area (Å²) >= 11 is 0. The minimum atomic E-state index is -0.496. The maximum Gasteiger partial charge on any atom is 0.321 e. The van der Waals surface area contributed by atoms with Crippen LogP contribution in [0.1, 0.15) is 6.42 Å². The third-order valence-corrected chi connectivity index (χ3v) is 2.05. The van der Waals surface area contributed by atoms with Crippen molar-refractivity contribution in [1.82, 2.24) is 15.5 Å². The lowest BCUT2D eigenvalue weighted by Gasteiger charge is -2.15. The highest BCUT2D eigenvalue weighted by atomic mass is 16.5. The normalized spacial score (nSPS) is 10.4. The summed E-state index contributed by atoms with van der Waals surface area (Å²) in [4.78, 5) is 24.0. The van der Waals surface area contributed by atoms with Gasteiger partial charge in [-0.2, -0.15) is 0 Å². The van der Waals surface area contributed by atoms with Gasteiger partial charge in [-0.05, 0) is 7.05 Å². The van der Waals surface area contributed by atoms with Gasteiger partial charge in [0.15, 0.2) is 0 Å². The van der Waals surface area contributed by atoms with Crippen molar-refractivity contribution in [3.05, 3.63) is 0 Å². The van der Waals surface area contributed by atoms with Crippen LogP contribution >= 0.6 is 0 Å². The molecule has 3 N–H and O–H groups in total. The highest BCUT2D eigenvalue weighted by Gasteiger charge is 2.07. The lowest BCUT2D eigenvalue weighted by molar-refractivity contribution is -0.120. The van der Waals surface area contributed by atoms with Crippen LogP contribution in [-0.2, 0) is 9.53 Å². The quantitative estimate of drug-likeness (QED) is 0.467. The number of amides is 3. The molecule has 0 aliphatic heterocycles. The zero-order chi connectivity index (χ0) is 13.1. The Bertz CT molecular complexity index is 236. The van der Waals surface area contributed by atoms with Crippen molar-refractivity contribution >= 4 is 11.9 Å². The Morgan fingerprint density at radius 3 is 2.59 bits per heavy atom.